The van der Waals surface area contributed by atoms with Crippen LogP contribution in [0.5, 0.6) is 0 Å². The smallest absolute Gasteiger partial charge is 0.367 e. The second kappa shape index (κ2) is 6.57. The first-order valence-electron chi connectivity index (χ1n) is 7.22. The molecular formula is C17H23FO4. The van der Waals surface area contributed by atoms with Crippen molar-refractivity contribution in [1.82, 2.24) is 0 Å². The second-order valence-electron chi connectivity index (χ2n) is 6.17. The van der Waals surface area contributed by atoms with E-state index < -0.39 is 22.8 Å². The molecule has 1 unspecified atom stereocenters. The Morgan fingerprint density at radius 1 is 1.50 bits per heavy atom. The number of halogens is 1. The van der Waals surface area contributed by atoms with Gasteiger partial charge < -0.3 is 9.84 Å². The van der Waals surface area contributed by atoms with Crippen LogP contribution in [0.4, 0.5) is 4.39 Å². The van der Waals surface area contributed by atoms with Gasteiger partial charge in [-0.2, -0.15) is 4.39 Å². The van der Waals surface area contributed by atoms with Crippen LogP contribution in [0, 0.1) is 5.41 Å². The molecule has 1 aliphatic rings. The largest absolute Gasteiger partial charge is 0.461 e. The molecule has 1 aliphatic carbocycles. The van der Waals surface area contributed by atoms with E-state index in [0.29, 0.717) is 5.57 Å². The standard InChI is InChI=1S/C17H23FO4/c1-6-22-15(20)14(18)11(2)7-8-17(21)12(3)9-13(19)10-16(17,4)5/h7-9,21H,6,10H2,1-5H3/b8-7+,14-11+. The summed E-state index contributed by atoms with van der Waals surface area (Å²) in [6, 6.07) is 0. The average Bonchev–Trinajstić information content (AvgIpc) is 2.41. The van der Waals surface area contributed by atoms with Gasteiger partial charge in [0.25, 0.3) is 0 Å². The van der Waals surface area contributed by atoms with Crippen molar-refractivity contribution in [1.29, 1.82) is 0 Å². The van der Waals surface area contributed by atoms with E-state index in [0.717, 1.165) is 0 Å². The van der Waals surface area contributed by atoms with Gasteiger partial charge in [0.2, 0.25) is 5.83 Å². The van der Waals surface area contributed by atoms with E-state index in [2.05, 4.69) is 4.74 Å². The van der Waals surface area contributed by atoms with Crippen molar-refractivity contribution in [2.24, 2.45) is 5.41 Å². The molecule has 5 heteroatoms. The number of ether oxygens (including phenoxy) is 1. The van der Waals surface area contributed by atoms with Gasteiger partial charge in [-0.15, -0.1) is 0 Å². The average molecular weight is 310 g/mol. The molecule has 1 atom stereocenters. The summed E-state index contributed by atoms with van der Waals surface area (Å²) in [4.78, 5) is 23.0. The number of rotatable bonds is 4. The maximum atomic E-state index is 13.8. The summed E-state index contributed by atoms with van der Waals surface area (Å²) in [5.74, 6) is -2.07. The zero-order valence-corrected chi connectivity index (χ0v) is 13.7. The number of hydrogen-bond donors (Lipinski definition) is 1. The number of ketones is 1. The highest BCUT2D eigenvalue weighted by Crippen LogP contribution is 2.44. The number of esters is 1. The summed E-state index contributed by atoms with van der Waals surface area (Å²) in [5, 5.41) is 10.9. The Balaban J connectivity index is 3.15. The van der Waals surface area contributed by atoms with Crippen LogP contribution in [-0.4, -0.2) is 29.1 Å². The Kier molecular flexibility index (Phi) is 5.46. The molecule has 22 heavy (non-hydrogen) atoms. The lowest BCUT2D eigenvalue weighted by Crippen LogP contribution is -2.48. The van der Waals surface area contributed by atoms with Gasteiger partial charge in [-0.3, -0.25) is 4.79 Å². The van der Waals surface area contributed by atoms with Crippen LogP contribution in [0.25, 0.3) is 0 Å². The number of carbonyl (C=O) groups excluding carboxylic acids is 2. The van der Waals surface area contributed by atoms with Crippen molar-refractivity contribution in [3.8, 4) is 0 Å². The minimum atomic E-state index is -1.38. The second-order valence-corrected chi connectivity index (χ2v) is 6.17. The predicted octanol–water partition coefficient (Wildman–Crippen LogP) is 3.03. The summed E-state index contributed by atoms with van der Waals surface area (Å²) >= 11 is 0. The van der Waals surface area contributed by atoms with E-state index in [-0.39, 0.29) is 24.4 Å². The van der Waals surface area contributed by atoms with E-state index in [9.17, 15) is 19.1 Å². The normalized spacial score (nSPS) is 25.8. The monoisotopic (exact) mass is 310 g/mol. The van der Waals surface area contributed by atoms with Gasteiger partial charge in [-0.05, 0) is 44.1 Å². The third kappa shape index (κ3) is 3.53. The lowest BCUT2D eigenvalue weighted by molar-refractivity contribution is -0.140. The Morgan fingerprint density at radius 2 is 2.09 bits per heavy atom. The SMILES string of the molecule is CCOC(=O)/C(F)=C(C)\C=C\C1(O)C(C)=CC(=O)CC1(C)C. The van der Waals surface area contributed by atoms with Gasteiger partial charge in [0, 0.05) is 11.8 Å². The predicted molar refractivity (Wildman–Crippen MR) is 81.7 cm³/mol. The van der Waals surface area contributed by atoms with E-state index in [1.54, 1.807) is 27.7 Å². The molecule has 0 heterocycles. The fraction of sp³-hybridized carbons (Fsp3) is 0.529. The minimum Gasteiger partial charge on any atom is -0.461 e. The quantitative estimate of drug-likeness (QED) is 0.492. The van der Waals surface area contributed by atoms with Gasteiger partial charge in [0.1, 0.15) is 5.60 Å². The van der Waals surface area contributed by atoms with Crippen LogP contribution in [0.3, 0.4) is 0 Å². The molecule has 0 amide bonds. The van der Waals surface area contributed by atoms with Crippen molar-refractivity contribution < 1.29 is 23.8 Å². The fourth-order valence-corrected chi connectivity index (χ4v) is 2.54. The summed E-state index contributed by atoms with van der Waals surface area (Å²) in [6.07, 6.45) is 4.37. The highest BCUT2D eigenvalue weighted by Gasteiger charge is 2.46. The Hall–Kier alpha value is -1.75. The van der Waals surface area contributed by atoms with Crippen molar-refractivity contribution >= 4 is 11.8 Å². The molecule has 0 spiro atoms. The first-order chi connectivity index (χ1) is 10.0. The summed E-state index contributed by atoms with van der Waals surface area (Å²) in [7, 11) is 0. The molecule has 0 aliphatic heterocycles. The van der Waals surface area contributed by atoms with E-state index in [1.807, 2.05) is 0 Å². The highest BCUT2D eigenvalue weighted by atomic mass is 19.1. The van der Waals surface area contributed by atoms with Crippen LogP contribution >= 0.6 is 0 Å². The van der Waals surface area contributed by atoms with Gasteiger partial charge in [-0.25, -0.2) is 4.79 Å². The lowest BCUT2D eigenvalue weighted by atomic mass is 9.64. The molecule has 0 bridgehead atoms. The number of allylic oxidation sites excluding steroid dienone is 3. The van der Waals surface area contributed by atoms with E-state index in [4.69, 9.17) is 0 Å². The van der Waals surface area contributed by atoms with Gasteiger partial charge in [0.05, 0.1) is 6.61 Å². The summed E-state index contributed by atoms with van der Waals surface area (Å²) in [6.45, 7) is 8.30. The van der Waals surface area contributed by atoms with Crippen molar-refractivity contribution in [3.63, 3.8) is 0 Å². The van der Waals surface area contributed by atoms with Crippen LogP contribution in [-0.2, 0) is 14.3 Å². The van der Waals surface area contributed by atoms with Gasteiger partial charge in [0.15, 0.2) is 5.78 Å². The fourth-order valence-electron chi connectivity index (χ4n) is 2.54. The number of aliphatic hydroxyl groups is 1. The Bertz CT molecular complexity index is 569. The number of hydrogen-bond acceptors (Lipinski definition) is 4. The topological polar surface area (TPSA) is 63.6 Å². The lowest BCUT2D eigenvalue weighted by Gasteiger charge is -2.43. The maximum absolute atomic E-state index is 13.8. The molecule has 4 nitrogen and oxygen atoms in total. The van der Waals surface area contributed by atoms with Crippen LogP contribution in [0.2, 0.25) is 0 Å². The molecule has 0 aromatic heterocycles. The zero-order valence-electron chi connectivity index (χ0n) is 13.7. The highest BCUT2D eigenvalue weighted by molar-refractivity contribution is 5.93. The molecule has 0 saturated carbocycles. The van der Waals surface area contributed by atoms with Crippen molar-refractivity contribution in [2.75, 3.05) is 6.61 Å². The molecule has 1 N–H and O–H groups in total. The molecule has 1 rings (SSSR count). The molecule has 122 valence electrons. The van der Waals surface area contributed by atoms with Crippen molar-refractivity contribution in [2.45, 2.75) is 46.6 Å². The third-order valence-electron chi connectivity index (χ3n) is 4.00. The molecule has 0 radical (unpaired) electrons. The molecular weight excluding hydrogens is 287 g/mol. The zero-order chi connectivity index (χ0) is 17.1. The van der Waals surface area contributed by atoms with Crippen LogP contribution in [0.15, 0.2) is 35.2 Å². The third-order valence-corrected chi connectivity index (χ3v) is 4.00. The number of carbonyl (C=O) groups is 2. The van der Waals surface area contributed by atoms with E-state index >= 15 is 0 Å². The molecule has 0 aromatic rings. The van der Waals surface area contributed by atoms with Crippen LogP contribution < -0.4 is 0 Å². The van der Waals surface area contributed by atoms with E-state index in [1.165, 1.54) is 25.2 Å². The molecule has 0 saturated heterocycles. The van der Waals surface area contributed by atoms with Crippen LogP contribution in [0.1, 0.15) is 41.0 Å². The Morgan fingerprint density at radius 3 is 2.59 bits per heavy atom. The maximum Gasteiger partial charge on any atom is 0.367 e. The molecule has 0 fully saturated rings. The summed E-state index contributed by atoms with van der Waals surface area (Å²) < 4.78 is 18.4. The first kappa shape index (κ1) is 18.3. The molecule has 0 aromatic carbocycles. The van der Waals surface area contributed by atoms with Gasteiger partial charge >= 0.3 is 5.97 Å². The first-order valence-corrected chi connectivity index (χ1v) is 7.22. The Labute approximate surface area is 130 Å². The van der Waals surface area contributed by atoms with Crippen molar-refractivity contribution in [3.05, 3.63) is 35.2 Å². The minimum absolute atomic E-state index is 0.0504. The summed E-state index contributed by atoms with van der Waals surface area (Å²) in [5.41, 5.74) is -1.54. The van der Waals surface area contributed by atoms with Gasteiger partial charge in [-0.1, -0.05) is 19.9 Å².